The first kappa shape index (κ1) is 17.2. The molecule has 0 saturated carbocycles. The largest absolute Gasteiger partial charge is 0.447 e. The van der Waals surface area contributed by atoms with E-state index < -0.39 is 23.8 Å². The highest BCUT2D eigenvalue weighted by Crippen LogP contribution is 2.27. The maximum Gasteiger partial charge on any atom is 0.375 e. The van der Waals surface area contributed by atoms with E-state index in [1.54, 1.807) is 13.0 Å². The van der Waals surface area contributed by atoms with Gasteiger partial charge in [-0.15, -0.1) is 11.3 Å². The first-order valence-electron chi connectivity index (χ1n) is 7.66. The molecule has 0 bridgehead atoms. The minimum absolute atomic E-state index is 0.00162. The first-order valence-corrected chi connectivity index (χ1v) is 8.54. The molecule has 7 heteroatoms. The van der Waals surface area contributed by atoms with Crippen LogP contribution in [0.4, 0.5) is 4.39 Å². The Labute approximate surface area is 147 Å². The third-order valence-electron chi connectivity index (χ3n) is 3.77. The van der Waals surface area contributed by atoms with Crippen LogP contribution in [0, 0.1) is 12.7 Å². The summed E-state index contributed by atoms with van der Waals surface area (Å²) < 4.78 is 24.2. The summed E-state index contributed by atoms with van der Waals surface area (Å²) in [4.78, 5) is 25.3. The SMILES string of the molecule is Cc1c(C(=O)O[C@@H](C)C(=O)NCc2cccs2)oc2c(F)cccc12. The Morgan fingerprint density at radius 3 is 2.80 bits per heavy atom. The van der Waals surface area contributed by atoms with Crippen LogP contribution in [0.3, 0.4) is 0 Å². The quantitative estimate of drug-likeness (QED) is 0.702. The predicted molar refractivity (Wildman–Crippen MR) is 92.0 cm³/mol. The maximum absolute atomic E-state index is 13.8. The minimum Gasteiger partial charge on any atom is -0.447 e. The van der Waals surface area contributed by atoms with Crippen LogP contribution in [0.15, 0.2) is 40.1 Å². The van der Waals surface area contributed by atoms with Gasteiger partial charge in [-0.1, -0.05) is 18.2 Å². The average molecular weight is 361 g/mol. The van der Waals surface area contributed by atoms with Gasteiger partial charge in [0.15, 0.2) is 17.5 Å². The fraction of sp³-hybridized carbons (Fsp3) is 0.222. The van der Waals surface area contributed by atoms with Crippen molar-refractivity contribution in [2.45, 2.75) is 26.5 Å². The number of carbonyl (C=O) groups is 2. The lowest BCUT2D eigenvalue weighted by atomic mass is 10.1. The van der Waals surface area contributed by atoms with Crippen molar-refractivity contribution in [3.63, 3.8) is 0 Å². The number of halogens is 1. The zero-order valence-electron chi connectivity index (χ0n) is 13.7. The molecule has 130 valence electrons. The van der Waals surface area contributed by atoms with Crippen molar-refractivity contribution >= 4 is 34.2 Å². The Morgan fingerprint density at radius 1 is 1.32 bits per heavy atom. The van der Waals surface area contributed by atoms with Crippen LogP contribution in [-0.2, 0) is 16.1 Å². The van der Waals surface area contributed by atoms with Crippen molar-refractivity contribution < 1.29 is 23.1 Å². The molecule has 0 aliphatic carbocycles. The molecule has 2 heterocycles. The number of carbonyl (C=O) groups excluding carboxylic acids is 2. The molecule has 2 aromatic heterocycles. The van der Waals surface area contributed by atoms with Crippen LogP contribution < -0.4 is 5.32 Å². The van der Waals surface area contributed by atoms with Crippen molar-refractivity contribution in [3.8, 4) is 0 Å². The molecule has 0 spiro atoms. The molecule has 0 aliphatic heterocycles. The van der Waals surface area contributed by atoms with Crippen LogP contribution >= 0.6 is 11.3 Å². The number of nitrogens with one attached hydrogen (secondary N) is 1. The number of fused-ring (bicyclic) bond motifs is 1. The second-order valence-electron chi connectivity index (χ2n) is 5.52. The number of furan rings is 1. The number of benzene rings is 1. The molecule has 5 nitrogen and oxygen atoms in total. The summed E-state index contributed by atoms with van der Waals surface area (Å²) in [7, 11) is 0. The molecule has 0 saturated heterocycles. The molecular weight excluding hydrogens is 345 g/mol. The van der Waals surface area contributed by atoms with E-state index in [-0.39, 0.29) is 11.3 Å². The van der Waals surface area contributed by atoms with Gasteiger partial charge in [-0.05, 0) is 31.4 Å². The molecule has 1 amide bonds. The first-order chi connectivity index (χ1) is 12.0. The van der Waals surface area contributed by atoms with Gasteiger partial charge in [0.25, 0.3) is 5.91 Å². The van der Waals surface area contributed by atoms with Crippen molar-refractivity contribution in [3.05, 3.63) is 57.7 Å². The number of thiophene rings is 1. The van der Waals surface area contributed by atoms with Gasteiger partial charge in [-0.2, -0.15) is 0 Å². The van der Waals surface area contributed by atoms with Crippen LogP contribution in [0.1, 0.15) is 27.9 Å². The zero-order chi connectivity index (χ0) is 18.0. The monoisotopic (exact) mass is 361 g/mol. The molecule has 1 aromatic carbocycles. The summed E-state index contributed by atoms with van der Waals surface area (Å²) in [5.41, 5.74) is 0.479. The topological polar surface area (TPSA) is 68.5 Å². The fourth-order valence-corrected chi connectivity index (χ4v) is 3.05. The molecule has 3 rings (SSSR count). The molecule has 25 heavy (non-hydrogen) atoms. The summed E-state index contributed by atoms with van der Waals surface area (Å²) in [5.74, 6) is -1.87. The summed E-state index contributed by atoms with van der Waals surface area (Å²) in [5, 5.41) is 5.11. The minimum atomic E-state index is -0.995. The second kappa shape index (κ2) is 7.06. The Kier molecular flexibility index (Phi) is 4.85. The Morgan fingerprint density at radius 2 is 2.12 bits per heavy atom. The molecule has 0 unspecified atom stereocenters. The Bertz CT molecular complexity index is 917. The number of esters is 1. The third-order valence-corrected chi connectivity index (χ3v) is 4.65. The number of ether oxygens (including phenoxy) is 1. The highest BCUT2D eigenvalue weighted by Gasteiger charge is 2.25. The Balaban J connectivity index is 1.68. The Hall–Kier alpha value is -2.67. The summed E-state index contributed by atoms with van der Waals surface area (Å²) in [6.07, 6.45) is -0.995. The van der Waals surface area contributed by atoms with Gasteiger partial charge < -0.3 is 14.5 Å². The standard InChI is InChI=1S/C18H16FNO4S/c1-10-13-6-3-7-14(19)16(13)24-15(10)18(22)23-11(2)17(21)20-9-12-5-4-8-25-12/h3-8,11H,9H2,1-2H3,(H,20,21)/t11-/m0/s1. The summed E-state index contributed by atoms with van der Waals surface area (Å²) in [6, 6.07) is 8.23. The van der Waals surface area contributed by atoms with E-state index in [1.165, 1.54) is 30.4 Å². The third kappa shape index (κ3) is 3.56. The zero-order valence-corrected chi connectivity index (χ0v) is 14.5. The van der Waals surface area contributed by atoms with Crippen molar-refractivity contribution in [2.24, 2.45) is 0 Å². The van der Waals surface area contributed by atoms with E-state index in [0.717, 1.165) is 4.88 Å². The van der Waals surface area contributed by atoms with Crippen LogP contribution in [0.2, 0.25) is 0 Å². The highest BCUT2D eigenvalue weighted by molar-refractivity contribution is 7.09. The van der Waals surface area contributed by atoms with Crippen molar-refractivity contribution in [1.82, 2.24) is 5.32 Å². The summed E-state index contributed by atoms with van der Waals surface area (Å²) in [6.45, 7) is 3.48. The van der Waals surface area contributed by atoms with Crippen molar-refractivity contribution in [1.29, 1.82) is 0 Å². The normalized spacial score (nSPS) is 12.1. The number of amides is 1. The molecule has 1 atom stereocenters. The average Bonchev–Trinajstić information content (AvgIpc) is 3.22. The smallest absolute Gasteiger partial charge is 0.375 e. The molecule has 0 aliphatic rings. The van der Waals surface area contributed by atoms with Gasteiger partial charge in [0.05, 0.1) is 6.54 Å². The van der Waals surface area contributed by atoms with Crippen molar-refractivity contribution in [2.75, 3.05) is 0 Å². The van der Waals surface area contributed by atoms with Gasteiger partial charge in [0, 0.05) is 15.8 Å². The highest BCUT2D eigenvalue weighted by atomic mass is 32.1. The molecule has 0 radical (unpaired) electrons. The van der Waals surface area contributed by atoms with Crippen LogP contribution in [0.5, 0.6) is 0 Å². The molecule has 3 aromatic rings. The molecule has 0 fully saturated rings. The van der Waals surface area contributed by atoms with E-state index in [0.29, 0.717) is 17.5 Å². The van der Waals surface area contributed by atoms with Gasteiger partial charge >= 0.3 is 5.97 Å². The lowest BCUT2D eigenvalue weighted by molar-refractivity contribution is -0.129. The van der Waals surface area contributed by atoms with E-state index >= 15 is 0 Å². The van der Waals surface area contributed by atoms with E-state index in [9.17, 15) is 14.0 Å². The van der Waals surface area contributed by atoms with Crippen LogP contribution in [-0.4, -0.2) is 18.0 Å². The fourth-order valence-electron chi connectivity index (χ4n) is 2.40. The lowest BCUT2D eigenvalue weighted by Crippen LogP contribution is -2.35. The number of para-hydroxylation sites is 1. The summed E-state index contributed by atoms with van der Waals surface area (Å²) >= 11 is 1.52. The second-order valence-corrected chi connectivity index (χ2v) is 6.55. The lowest BCUT2D eigenvalue weighted by Gasteiger charge is -2.12. The predicted octanol–water partition coefficient (Wildman–Crippen LogP) is 3.80. The molecule has 1 N–H and O–H groups in total. The van der Waals surface area contributed by atoms with Gasteiger partial charge in [-0.25, -0.2) is 9.18 Å². The van der Waals surface area contributed by atoms with E-state index in [2.05, 4.69) is 5.32 Å². The maximum atomic E-state index is 13.8. The van der Waals surface area contributed by atoms with Gasteiger partial charge in [0.1, 0.15) is 0 Å². The number of hydrogen-bond donors (Lipinski definition) is 1. The van der Waals surface area contributed by atoms with Gasteiger partial charge in [0.2, 0.25) is 5.76 Å². The molecular formula is C18H16FNO4S. The van der Waals surface area contributed by atoms with Crippen LogP contribution in [0.25, 0.3) is 11.0 Å². The van der Waals surface area contributed by atoms with E-state index in [1.807, 2.05) is 17.5 Å². The number of hydrogen-bond acceptors (Lipinski definition) is 5. The van der Waals surface area contributed by atoms with Gasteiger partial charge in [-0.3, -0.25) is 4.79 Å². The van der Waals surface area contributed by atoms with E-state index in [4.69, 9.17) is 9.15 Å². The number of aryl methyl sites for hydroxylation is 1. The number of rotatable bonds is 5.